The van der Waals surface area contributed by atoms with E-state index in [-0.39, 0.29) is 0 Å². The molecule has 0 fully saturated rings. The van der Waals surface area contributed by atoms with Gasteiger partial charge in [0.25, 0.3) is 0 Å². The topological polar surface area (TPSA) is 48.8 Å². The molecule has 0 spiro atoms. The third-order valence-electron chi connectivity index (χ3n) is 3.78. The second kappa shape index (κ2) is 8.87. The summed E-state index contributed by atoms with van der Waals surface area (Å²) in [4.78, 5) is 0. The first kappa shape index (κ1) is 17.8. The van der Waals surface area contributed by atoms with Crippen LogP contribution in [0.15, 0.2) is 89.1 Å². The van der Waals surface area contributed by atoms with E-state index in [1.54, 1.807) is 0 Å². The summed E-state index contributed by atoms with van der Waals surface area (Å²) in [6.45, 7) is 2.14. The molecule has 3 rings (SSSR count). The Balaban J connectivity index is 1.56. The maximum absolute atomic E-state index is 5.36. The fourth-order valence-electron chi connectivity index (χ4n) is 2.34. The van der Waals surface area contributed by atoms with Crippen LogP contribution >= 0.6 is 12.2 Å². The van der Waals surface area contributed by atoms with Crippen LogP contribution < -0.4 is 10.6 Å². The Morgan fingerprint density at radius 3 is 1.77 bits per heavy atom. The highest BCUT2D eigenvalue weighted by Gasteiger charge is 2.00. The van der Waals surface area contributed by atoms with Crippen molar-refractivity contribution in [2.45, 2.75) is 13.3 Å². The van der Waals surface area contributed by atoms with Crippen molar-refractivity contribution in [3.8, 4) is 0 Å². The Hall–Kier alpha value is -3.05. The number of nitrogens with zero attached hydrogens (tertiary/aromatic N) is 2. The summed E-state index contributed by atoms with van der Waals surface area (Å²) in [6, 6.07) is 25.5. The highest BCUT2D eigenvalue weighted by molar-refractivity contribution is 7.80. The molecule has 3 aromatic carbocycles. The zero-order chi connectivity index (χ0) is 18.2. The summed E-state index contributed by atoms with van der Waals surface area (Å²) in [5.41, 5.74) is 4.77. The lowest BCUT2D eigenvalue weighted by atomic mass is 10.1. The Kier molecular flexibility index (Phi) is 6.06. The Morgan fingerprint density at radius 1 is 0.731 bits per heavy atom. The number of anilines is 2. The van der Waals surface area contributed by atoms with E-state index >= 15 is 0 Å². The number of nitrogens with one attached hydrogen (secondary N) is 2. The first-order chi connectivity index (χ1) is 12.7. The first-order valence-corrected chi connectivity index (χ1v) is 8.87. The maximum atomic E-state index is 5.36. The van der Waals surface area contributed by atoms with Crippen LogP contribution in [0.1, 0.15) is 12.5 Å². The normalized spacial score (nSPS) is 10.7. The number of hydrogen-bond donors (Lipinski definition) is 2. The van der Waals surface area contributed by atoms with Gasteiger partial charge in [-0.3, -0.25) is 0 Å². The smallest absolute Gasteiger partial charge is 0.175 e. The standard InChI is InChI=1S/C21H20N4S/c1-2-16-8-10-17(11-9-16)22-21(26)23-18-12-14-20(15-13-18)25-24-19-6-4-3-5-7-19/h3-15H,2H2,1H3,(H2,22,23,26). The van der Waals surface area contributed by atoms with Crippen molar-refractivity contribution >= 4 is 40.1 Å². The molecule has 4 nitrogen and oxygen atoms in total. The second-order valence-electron chi connectivity index (χ2n) is 5.71. The van der Waals surface area contributed by atoms with E-state index < -0.39 is 0 Å². The van der Waals surface area contributed by atoms with Gasteiger partial charge in [-0.25, -0.2) is 0 Å². The fraction of sp³-hybridized carbons (Fsp3) is 0.0952. The van der Waals surface area contributed by atoms with Gasteiger partial charge in [0.15, 0.2) is 5.11 Å². The van der Waals surface area contributed by atoms with Gasteiger partial charge in [0.1, 0.15) is 0 Å². The van der Waals surface area contributed by atoms with Gasteiger partial charge in [-0.05, 0) is 72.7 Å². The third kappa shape index (κ3) is 5.22. The summed E-state index contributed by atoms with van der Waals surface area (Å²) in [5.74, 6) is 0. The molecule has 5 heteroatoms. The van der Waals surface area contributed by atoms with Crippen molar-refractivity contribution in [3.05, 3.63) is 84.4 Å². The van der Waals surface area contributed by atoms with Crippen LogP contribution in [0.25, 0.3) is 0 Å². The van der Waals surface area contributed by atoms with Gasteiger partial charge in [-0.15, -0.1) is 0 Å². The minimum Gasteiger partial charge on any atom is -0.332 e. The quantitative estimate of drug-likeness (QED) is 0.405. The molecule has 0 aromatic heterocycles. The van der Waals surface area contributed by atoms with E-state index in [1.165, 1.54) is 5.56 Å². The van der Waals surface area contributed by atoms with E-state index in [1.807, 2.05) is 66.7 Å². The largest absolute Gasteiger partial charge is 0.332 e. The fourth-order valence-corrected chi connectivity index (χ4v) is 2.57. The van der Waals surface area contributed by atoms with E-state index in [0.717, 1.165) is 29.2 Å². The molecular weight excluding hydrogens is 340 g/mol. The molecule has 130 valence electrons. The monoisotopic (exact) mass is 360 g/mol. The van der Waals surface area contributed by atoms with Crippen molar-refractivity contribution in [3.63, 3.8) is 0 Å². The van der Waals surface area contributed by atoms with Crippen LogP contribution in [0.2, 0.25) is 0 Å². The molecule has 0 bridgehead atoms. The molecule has 2 N–H and O–H groups in total. The zero-order valence-electron chi connectivity index (χ0n) is 14.5. The van der Waals surface area contributed by atoms with Gasteiger partial charge in [0.05, 0.1) is 11.4 Å². The number of thiocarbonyl (C=S) groups is 1. The number of aryl methyl sites for hydroxylation is 1. The Labute approximate surface area is 159 Å². The average Bonchev–Trinajstić information content (AvgIpc) is 2.69. The first-order valence-electron chi connectivity index (χ1n) is 8.47. The van der Waals surface area contributed by atoms with E-state index in [4.69, 9.17) is 12.2 Å². The second-order valence-corrected chi connectivity index (χ2v) is 6.12. The van der Waals surface area contributed by atoms with Gasteiger partial charge in [0.2, 0.25) is 0 Å². The molecule has 3 aromatic rings. The van der Waals surface area contributed by atoms with Gasteiger partial charge >= 0.3 is 0 Å². The molecule has 0 radical (unpaired) electrons. The molecule has 0 aliphatic carbocycles. The van der Waals surface area contributed by atoms with Gasteiger partial charge < -0.3 is 10.6 Å². The lowest BCUT2D eigenvalue weighted by Crippen LogP contribution is -2.18. The molecule has 0 aliphatic rings. The van der Waals surface area contributed by atoms with Crippen LogP contribution in [0.3, 0.4) is 0 Å². The van der Waals surface area contributed by atoms with Crippen molar-refractivity contribution in [2.75, 3.05) is 10.6 Å². The Morgan fingerprint density at radius 2 is 1.23 bits per heavy atom. The van der Waals surface area contributed by atoms with E-state index in [9.17, 15) is 0 Å². The van der Waals surface area contributed by atoms with Crippen LogP contribution in [0.5, 0.6) is 0 Å². The molecule has 0 atom stereocenters. The predicted octanol–water partition coefficient (Wildman–Crippen LogP) is 6.47. The maximum Gasteiger partial charge on any atom is 0.175 e. The van der Waals surface area contributed by atoms with E-state index in [2.05, 4.69) is 39.9 Å². The van der Waals surface area contributed by atoms with Gasteiger partial charge in [-0.1, -0.05) is 37.3 Å². The van der Waals surface area contributed by atoms with Crippen LogP contribution in [0, 0.1) is 0 Å². The predicted molar refractivity (Wildman–Crippen MR) is 113 cm³/mol. The summed E-state index contributed by atoms with van der Waals surface area (Å²) in [7, 11) is 0. The molecule has 26 heavy (non-hydrogen) atoms. The molecule has 0 unspecified atom stereocenters. The van der Waals surface area contributed by atoms with Crippen LogP contribution in [-0.2, 0) is 6.42 Å². The molecule has 0 saturated heterocycles. The lowest BCUT2D eigenvalue weighted by Gasteiger charge is -2.11. The molecule has 0 amide bonds. The lowest BCUT2D eigenvalue weighted by molar-refractivity contribution is 1.14. The van der Waals surface area contributed by atoms with Crippen molar-refractivity contribution in [2.24, 2.45) is 10.2 Å². The summed E-state index contributed by atoms with van der Waals surface area (Å²) in [5, 5.41) is 15.3. The Bertz CT molecular complexity index is 872. The third-order valence-corrected chi connectivity index (χ3v) is 3.99. The highest BCUT2D eigenvalue weighted by atomic mass is 32.1. The van der Waals surface area contributed by atoms with E-state index in [0.29, 0.717) is 5.11 Å². The molecule has 0 aliphatic heterocycles. The highest BCUT2D eigenvalue weighted by Crippen LogP contribution is 2.20. The zero-order valence-corrected chi connectivity index (χ0v) is 15.3. The van der Waals surface area contributed by atoms with Gasteiger partial charge in [0, 0.05) is 11.4 Å². The number of azo groups is 1. The summed E-state index contributed by atoms with van der Waals surface area (Å²) in [6.07, 6.45) is 1.02. The summed E-state index contributed by atoms with van der Waals surface area (Å²) >= 11 is 5.36. The summed E-state index contributed by atoms with van der Waals surface area (Å²) < 4.78 is 0. The minimum absolute atomic E-state index is 0.549. The average molecular weight is 360 g/mol. The van der Waals surface area contributed by atoms with Gasteiger partial charge in [-0.2, -0.15) is 10.2 Å². The SMILES string of the molecule is CCc1ccc(NC(=S)Nc2ccc(N=Nc3ccccc3)cc2)cc1. The number of hydrogen-bond acceptors (Lipinski definition) is 3. The molecule has 0 heterocycles. The van der Waals surface area contributed by atoms with Crippen LogP contribution in [-0.4, -0.2) is 5.11 Å². The minimum atomic E-state index is 0.549. The van der Waals surface area contributed by atoms with Crippen molar-refractivity contribution in [1.82, 2.24) is 0 Å². The molecular formula is C21H20N4S. The molecule has 0 saturated carbocycles. The van der Waals surface area contributed by atoms with Crippen LogP contribution in [0.4, 0.5) is 22.7 Å². The van der Waals surface area contributed by atoms with Crippen molar-refractivity contribution < 1.29 is 0 Å². The number of rotatable bonds is 5. The number of benzene rings is 3. The van der Waals surface area contributed by atoms with Crippen molar-refractivity contribution in [1.29, 1.82) is 0 Å².